The van der Waals surface area contributed by atoms with E-state index in [0.29, 0.717) is 26.2 Å². The maximum absolute atomic E-state index is 9.48. The van der Waals surface area contributed by atoms with Crippen LogP contribution in [-0.4, -0.2) is 15.9 Å². The second-order valence-corrected chi connectivity index (χ2v) is 7.50. The van der Waals surface area contributed by atoms with Crippen LogP contribution in [0.5, 0.6) is 0 Å². The van der Waals surface area contributed by atoms with Crippen molar-refractivity contribution in [3.05, 3.63) is 86.8 Å². The van der Waals surface area contributed by atoms with Crippen LogP contribution in [0, 0.1) is 0 Å². The van der Waals surface area contributed by atoms with Crippen LogP contribution in [0.3, 0.4) is 0 Å². The van der Waals surface area contributed by atoms with E-state index in [2.05, 4.69) is 15.5 Å². The number of nitrogens with one attached hydrogen (secondary N) is 1. The fourth-order valence-electron chi connectivity index (χ4n) is 2.84. The first-order chi connectivity index (χ1) is 13.2. The zero-order valence-corrected chi connectivity index (χ0v) is 16.2. The first-order valence-electron chi connectivity index (χ1n) is 8.02. The third kappa shape index (κ3) is 3.49. The molecule has 0 aliphatic rings. The van der Waals surface area contributed by atoms with Gasteiger partial charge in [-0.1, -0.05) is 52.6 Å². The third-order valence-corrected chi connectivity index (χ3v) is 5.76. The van der Waals surface area contributed by atoms with Crippen LogP contribution in [0.15, 0.2) is 71.5 Å². The van der Waals surface area contributed by atoms with Crippen LogP contribution in [0.1, 0.15) is 10.4 Å². The van der Waals surface area contributed by atoms with Crippen LogP contribution < -0.4 is 5.32 Å². The zero-order chi connectivity index (χ0) is 18.8. The summed E-state index contributed by atoms with van der Waals surface area (Å²) in [5.41, 5.74) is 2.63. The van der Waals surface area contributed by atoms with Crippen molar-refractivity contribution < 1.29 is 5.21 Å². The summed E-state index contributed by atoms with van der Waals surface area (Å²) in [6, 6.07) is 15.2. The molecule has 2 heterocycles. The average molecular weight is 414 g/mol. The quantitative estimate of drug-likeness (QED) is 0.226. The number of nitrogens with zero attached hydrogens (tertiary/aromatic N) is 2. The predicted molar refractivity (Wildman–Crippen MR) is 113 cm³/mol. The highest BCUT2D eigenvalue weighted by atomic mass is 35.5. The Morgan fingerprint density at radius 3 is 2.63 bits per heavy atom. The Morgan fingerprint density at radius 2 is 1.89 bits per heavy atom. The highest BCUT2D eigenvalue weighted by Gasteiger charge is 2.16. The van der Waals surface area contributed by atoms with Gasteiger partial charge in [0.15, 0.2) is 0 Å². The zero-order valence-electron chi connectivity index (χ0n) is 13.9. The van der Waals surface area contributed by atoms with Crippen LogP contribution in [-0.2, 0) is 0 Å². The summed E-state index contributed by atoms with van der Waals surface area (Å²) < 4.78 is 0. The number of halogens is 2. The van der Waals surface area contributed by atoms with Crippen molar-refractivity contribution in [3.8, 4) is 0 Å². The Labute approximate surface area is 169 Å². The van der Waals surface area contributed by atoms with Gasteiger partial charge in [0.05, 0.1) is 26.8 Å². The van der Waals surface area contributed by atoms with Crippen molar-refractivity contribution >= 4 is 62.4 Å². The molecule has 2 N–H and O–H groups in total. The van der Waals surface area contributed by atoms with Crippen LogP contribution in [0.2, 0.25) is 10.0 Å². The van der Waals surface area contributed by atoms with E-state index in [1.165, 1.54) is 11.3 Å². The molecule has 0 radical (unpaired) electrons. The highest BCUT2D eigenvalue weighted by molar-refractivity contribution is 7.13. The topological polar surface area (TPSA) is 57.5 Å². The second kappa shape index (κ2) is 7.56. The lowest BCUT2D eigenvalue weighted by molar-refractivity contribution is 0.320. The number of anilines is 2. The van der Waals surface area contributed by atoms with Crippen LogP contribution in [0.25, 0.3) is 10.8 Å². The Kier molecular flexibility index (Phi) is 4.99. The van der Waals surface area contributed by atoms with E-state index < -0.39 is 0 Å². The summed E-state index contributed by atoms with van der Waals surface area (Å²) in [6.45, 7) is 0. The molecule has 0 aliphatic carbocycles. The van der Waals surface area contributed by atoms with E-state index in [1.807, 2.05) is 41.9 Å². The van der Waals surface area contributed by atoms with Gasteiger partial charge in [0.1, 0.15) is 5.71 Å². The van der Waals surface area contributed by atoms with Gasteiger partial charge in [0.25, 0.3) is 0 Å². The largest absolute Gasteiger partial charge is 0.410 e. The maximum atomic E-state index is 9.48. The first-order valence-corrected chi connectivity index (χ1v) is 9.66. The average Bonchev–Trinajstić information content (AvgIpc) is 3.10. The number of rotatable bonds is 4. The second-order valence-electron chi connectivity index (χ2n) is 5.77. The minimum Gasteiger partial charge on any atom is -0.410 e. The SMILES string of the molecule is ON=C(c1ccc(Nc2cncc3ccccc23)cc1Cl)c1sccc1Cl. The molecule has 0 aliphatic heterocycles. The molecule has 0 unspecified atom stereocenters. The lowest BCUT2D eigenvalue weighted by atomic mass is 10.1. The van der Waals surface area contributed by atoms with Gasteiger partial charge in [-0.15, -0.1) is 11.3 Å². The molecule has 7 heteroatoms. The van der Waals surface area contributed by atoms with Gasteiger partial charge in [0.2, 0.25) is 0 Å². The van der Waals surface area contributed by atoms with Gasteiger partial charge in [-0.05, 0) is 29.6 Å². The molecule has 0 fully saturated rings. The molecule has 27 heavy (non-hydrogen) atoms. The number of fused-ring (bicyclic) bond motifs is 1. The van der Waals surface area contributed by atoms with Gasteiger partial charge in [0, 0.05) is 28.2 Å². The van der Waals surface area contributed by atoms with E-state index in [9.17, 15) is 5.21 Å². The number of oxime groups is 1. The van der Waals surface area contributed by atoms with E-state index in [4.69, 9.17) is 23.2 Å². The molecular formula is C20H13Cl2N3OS. The molecule has 2 aromatic heterocycles. The summed E-state index contributed by atoms with van der Waals surface area (Å²) in [6.07, 6.45) is 3.60. The monoisotopic (exact) mass is 413 g/mol. The summed E-state index contributed by atoms with van der Waals surface area (Å²) >= 11 is 14.0. The summed E-state index contributed by atoms with van der Waals surface area (Å²) in [5, 5.41) is 21.1. The number of hydrogen-bond acceptors (Lipinski definition) is 5. The molecule has 4 nitrogen and oxygen atoms in total. The van der Waals surface area contributed by atoms with E-state index in [1.54, 1.807) is 24.4 Å². The van der Waals surface area contributed by atoms with Gasteiger partial charge >= 0.3 is 0 Å². The van der Waals surface area contributed by atoms with Crippen molar-refractivity contribution in [1.29, 1.82) is 0 Å². The Balaban J connectivity index is 1.69. The molecule has 0 saturated carbocycles. The predicted octanol–water partition coefficient (Wildman–Crippen LogP) is 6.57. The molecule has 4 rings (SSSR count). The van der Waals surface area contributed by atoms with Crippen LogP contribution in [0.4, 0.5) is 11.4 Å². The van der Waals surface area contributed by atoms with Crippen molar-refractivity contribution in [1.82, 2.24) is 4.98 Å². The Hall–Kier alpha value is -2.60. The smallest absolute Gasteiger partial charge is 0.130 e. The first kappa shape index (κ1) is 17.8. The third-order valence-electron chi connectivity index (χ3n) is 4.10. The number of aromatic nitrogens is 1. The van der Waals surface area contributed by atoms with Crippen molar-refractivity contribution in [2.45, 2.75) is 0 Å². The molecule has 2 aromatic carbocycles. The van der Waals surface area contributed by atoms with Gasteiger partial charge in [-0.2, -0.15) is 0 Å². The number of hydrogen-bond donors (Lipinski definition) is 2. The highest BCUT2D eigenvalue weighted by Crippen LogP contribution is 2.31. The normalized spacial score (nSPS) is 11.7. The fourth-order valence-corrected chi connectivity index (χ4v) is 4.25. The number of pyridine rings is 1. The molecule has 0 saturated heterocycles. The van der Waals surface area contributed by atoms with Gasteiger partial charge < -0.3 is 10.5 Å². The Morgan fingerprint density at radius 1 is 1.04 bits per heavy atom. The van der Waals surface area contributed by atoms with Gasteiger partial charge in [-0.25, -0.2) is 0 Å². The van der Waals surface area contributed by atoms with E-state index >= 15 is 0 Å². The molecular weight excluding hydrogens is 401 g/mol. The summed E-state index contributed by atoms with van der Waals surface area (Å²) in [4.78, 5) is 4.94. The van der Waals surface area contributed by atoms with Gasteiger partial charge in [-0.3, -0.25) is 4.98 Å². The van der Waals surface area contributed by atoms with Crippen molar-refractivity contribution in [2.75, 3.05) is 5.32 Å². The lowest BCUT2D eigenvalue weighted by Crippen LogP contribution is -2.03. The lowest BCUT2D eigenvalue weighted by Gasteiger charge is -2.12. The van der Waals surface area contributed by atoms with Crippen LogP contribution >= 0.6 is 34.5 Å². The van der Waals surface area contributed by atoms with Crippen molar-refractivity contribution in [2.24, 2.45) is 5.16 Å². The van der Waals surface area contributed by atoms with E-state index in [-0.39, 0.29) is 0 Å². The summed E-state index contributed by atoms with van der Waals surface area (Å²) in [7, 11) is 0. The summed E-state index contributed by atoms with van der Waals surface area (Å²) in [5.74, 6) is 0. The standard InChI is InChI=1S/C20H13Cl2N3OS/c21-16-7-8-27-20(16)19(25-26)15-6-5-13(9-17(15)22)24-18-11-23-10-12-3-1-2-4-14(12)18/h1-11,24,26H. The molecule has 134 valence electrons. The number of thiophene rings is 1. The van der Waals surface area contributed by atoms with E-state index in [0.717, 1.165) is 22.1 Å². The molecule has 0 bridgehead atoms. The molecule has 0 amide bonds. The molecule has 4 aromatic rings. The Bertz CT molecular complexity index is 1150. The molecule has 0 atom stereocenters. The number of benzene rings is 2. The minimum absolute atomic E-state index is 0.346. The fraction of sp³-hybridized carbons (Fsp3) is 0. The maximum Gasteiger partial charge on any atom is 0.130 e. The minimum atomic E-state index is 0.346. The van der Waals surface area contributed by atoms with Crippen molar-refractivity contribution in [3.63, 3.8) is 0 Å². The molecule has 0 spiro atoms.